The van der Waals surface area contributed by atoms with Gasteiger partial charge in [-0.25, -0.2) is 0 Å². The predicted octanol–water partition coefficient (Wildman–Crippen LogP) is 3.38. The minimum absolute atomic E-state index is 0.141. The Labute approximate surface area is 185 Å². The van der Waals surface area contributed by atoms with Gasteiger partial charge < -0.3 is 10.4 Å². The van der Waals surface area contributed by atoms with E-state index >= 15 is 0 Å². The summed E-state index contributed by atoms with van der Waals surface area (Å²) in [5.41, 5.74) is -3.06. The average Bonchev–Trinajstić information content (AvgIpc) is 2.71. The zero-order valence-electron chi connectivity index (χ0n) is 16.9. The number of nitrogens with one attached hydrogen (secondary N) is 1. The second kappa shape index (κ2) is 8.71. The lowest BCUT2D eigenvalue weighted by Crippen LogP contribution is -2.58. The van der Waals surface area contributed by atoms with Crippen molar-refractivity contribution < 1.29 is 23.1 Å². The summed E-state index contributed by atoms with van der Waals surface area (Å²) < 4.78 is 41.2. The van der Waals surface area contributed by atoms with Crippen LogP contribution < -0.4 is 10.9 Å². The van der Waals surface area contributed by atoms with E-state index in [2.05, 4.69) is 10.1 Å². The molecule has 0 saturated heterocycles. The Morgan fingerprint density at radius 1 is 1.19 bits per heavy atom. The zero-order valence-corrected chi connectivity index (χ0v) is 17.6. The molecule has 3 aromatic rings. The fraction of sp³-hybridized carbons (Fsp3) is 0.238. The van der Waals surface area contributed by atoms with Crippen molar-refractivity contribution >= 4 is 17.5 Å². The van der Waals surface area contributed by atoms with Gasteiger partial charge in [0.05, 0.1) is 23.2 Å². The number of nitrogens with zero attached hydrogens (tertiary/aromatic N) is 3. The quantitative estimate of drug-likeness (QED) is 0.601. The van der Waals surface area contributed by atoms with E-state index in [-0.39, 0.29) is 11.4 Å². The van der Waals surface area contributed by atoms with Gasteiger partial charge in [0.1, 0.15) is 5.56 Å². The molecule has 0 unspecified atom stereocenters. The van der Waals surface area contributed by atoms with E-state index in [4.69, 9.17) is 11.6 Å². The monoisotopic (exact) mass is 466 g/mol. The Morgan fingerprint density at radius 3 is 2.38 bits per heavy atom. The van der Waals surface area contributed by atoms with Crippen LogP contribution in [0, 0.1) is 0 Å². The number of amides is 1. The summed E-state index contributed by atoms with van der Waals surface area (Å²) in [5, 5.41) is 16.3. The summed E-state index contributed by atoms with van der Waals surface area (Å²) in [7, 11) is 0. The molecule has 2 heterocycles. The molecule has 0 aliphatic heterocycles. The Hall–Kier alpha value is -3.24. The van der Waals surface area contributed by atoms with Crippen molar-refractivity contribution in [3.63, 3.8) is 0 Å². The lowest BCUT2D eigenvalue weighted by Gasteiger charge is -2.31. The Morgan fingerprint density at radius 2 is 1.84 bits per heavy atom. The van der Waals surface area contributed by atoms with Gasteiger partial charge in [-0.05, 0) is 44.2 Å². The van der Waals surface area contributed by atoms with Crippen LogP contribution in [0.2, 0.25) is 5.02 Å². The largest absolute Gasteiger partial charge is 0.411 e. The Kier molecular flexibility index (Phi) is 6.38. The molecule has 11 heteroatoms. The van der Waals surface area contributed by atoms with Crippen LogP contribution in [0.5, 0.6) is 0 Å². The highest BCUT2D eigenvalue weighted by molar-refractivity contribution is 6.30. The van der Waals surface area contributed by atoms with Gasteiger partial charge >= 0.3 is 6.18 Å². The Bertz CT molecular complexity index is 1160. The van der Waals surface area contributed by atoms with Gasteiger partial charge in [-0.15, -0.1) is 0 Å². The third-order valence-electron chi connectivity index (χ3n) is 4.50. The molecule has 2 aromatic heterocycles. The Balaban J connectivity index is 2.16. The second-order valence-corrected chi connectivity index (χ2v) is 7.92. The minimum Gasteiger partial charge on any atom is -0.388 e. The van der Waals surface area contributed by atoms with Crippen LogP contribution in [-0.2, 0) is 0 Å². The molecule has 0 bridgehead atoms. The first kappa shape index (κ1) is 23.4. The van der Waals surface area contributed by atoms with Crippen LogP contribution in [0.25, 0.3) is 16.9 Å². The van der Waals surface area contributed by atoms with Crippen LogP contribution in [-0.4, -0.2) is 43.6 Å². The highest BCUT2D eigenvalue weighted by Gasteiger charge is 2.49. The number of aromatic nitrogens is 3. The SMILES string of the molecule is CC(C)(O)[C@@H](NC(=O)c1cc(-c2ccc(Cl)cc2)nn(-c2cccnc2)c1=O)C(F)(F)F. The highest BCUT2D eigenvalue weighted by Crippen LogP contribution is 2.28. The maximum atomic E-state index is 13.4. The van der Waals surface area contributed by atoms with E-state index in [1.54, 1.807) is 29.6 Å². The fourth-order valence-electron chi connectivity index (χ4n) is 2.94. The van der Waals surface area contributed by atoms with Crippen molar-refractivity contribution in [3.8, 4) is 16.9 Å². The van der Waals surface area contributed by atoms with Gasteiger partial charge in [-0.1, -0.05) is 23.7 Å². The number of pyridine rings is 1. The average molecular weight is 467 g/mol. The molecule has 1 atom stereocenters. The molecule has 0 aliphatic carbocycles. The molecule has 1 amide bonds. The van der Waals surface area contributed by atoms with Crippen molar-refractivity contribution in [2.24, 2.45) is 0 Å². The number of benzene rings is 1. The maximum absolute atomic E-state index is 13.4. The molecular weight excluding hydrogens is 449 g/mol. The molecule has 0 radical (unpaired) electrons. The highest BCUT2D eigenvalue weighted by atomic mass is 35.5. The number of rotatable bonds is 5. The van der Waals surface area contributed by atoms with Gasteiger partial charge in [0.15, 0.2) is 6.04 Å². The number of hydrogen-bond donors (Lipinski definition) is 2. The van der Waals surface area contributed by atoms with Crippen molar-refractivity contribution in [3.05, 3.63) is 75.8 Å². The number of aliphatic hydroxyl groups is 1. The first-order valence-electron chi connectivity index (χ1n) is 9.28. The van der Waals surface area contributed by atoms with E-state index in [1.165, 1.54) is 24.5 Å². The summed E-state index contributed by atoms with van der Waals surface area (Å²) in [5.74, 6) is -1.31. The van der Waals surface area contributed by atoms with Gasteiger partial charge in [0, 0.05) is 16.8 Å². The number of hydrogen-bond acceptors (Lipinski definition) is 5. The van der Waals surface area contributed by atoms with Crippen molar-refractivity contribution in [2.75, 3.05) is 0 Å². The number of carbonyl (C=O) groups excluding carboxylic acids is 1. The van der Waals surface area contributed by atoms with Crippen LogP contribution in [0.15, 0.2) is 59.7 Å². The number of alkyl halides is 3. The molecule has 1 aromatic carbocycles. The summed E-state index contributed by atoms with van der Waals surface area (Å²) in [4.78, 5) is 29.7. The van der Waals surface area contributed by atoms with Gasteiger partial charge in [-0.3, -0.25) is 14.6 Å². The normalized spacial score (nSPS) is 13.0. The molecule has 0 aliphatic rings. The zero-order chi connectivity index (χ0) is 23.7. The van der Waals surface area contributed by atoms with Gasteiger partial charge in [0.25, 0.3) is 11.5 Å². The molecule has 7 nitrogen and oxygen atoms in total. The molecular formula is C21H18ClF3N4O3. The molecule has 2 N–H and O–H groups in total. The van der Waals surface area contributed by atoms with Crippen LogP contribution in [0.3, 0.4) is 0 Å². The third-order valence-corrected chi connectivity index (χ3v) is 4.75. The predicted molar refractivity (Wildman–Crippen MR) is 112 cm³/mol. The van der Waals surface area contributed by atoms with Crippen molar-refractivity contribution in [1.29, 1.82) is 0 Å². The molecule has 0 spiro atoms. The molecule has 0 saturated carbocycles. The standard InChI is InChI=1S/C21H18ClF3N4O3/c1-20(2,32)19(21(23,24)25)27-17(30)15-10-16(12-5-7-13(22)8-6-12)28-29(18(15)31)14-4-3-9-26-11-14/h3-11,19,32H,1-2H3,(H,27,30)/t19-/m1/s1. The lowest BCUT2D eigenvalue weighted by molar-refractivity contribution is -0.192. The number of carbonyl (C=O) groups is 1. The van der Waals surface area contributed by atoms with Gasteiger partial charge in [-0.2, -0.15) is 23.0 Å². The molecule has 168 valence electrons. The van der Waals surface area contributed by atoms with E-state index in [0.29, 0.717) is 10.6 Å². The summed E-state index contributed by atoms with van der Waals surface area (Å²) in [6, 6.07) is 7.81. The van der Waals surface area contributed by atoms with E-state index in [0.717, 1.165) is 24.6 Å². The van der Waals surface area contributed by atoms with Crippen LogP contribution in [0.4, 0.5) is 13.2 Å². The van der Waals surface area contributed by atoms with E-state index in [1.807, 2.05) is 0 Å². The fourth-order valence-corrected chi connectivity index (χ4v) is 3.07. The minimum atomic E-state index is -4.96. The first-order chi connectivity index (χ1) is 14.9. The van der Waals surface area contributed by atoms with E-state index < -0.39 is 34.8 Å². The van der Waals surface area contributed by atoms with E-state index in [9.17, 15) is 27.9 Å². The third kappa shape index (κ3) is 5.14. The molecule has 3 rings (SSSR count). The molecule has 32 heavy (non-hydrogen) atoms. The first-order valence-corrected chi connectivity index (χ1v) is 9.66. The second-order valence-electron chi connectivity index (χ2n) is 7.48. The number of halogens is 4. The van der Waals surface area contributed by atoms with Crippen molar-refractivity contribution in [1.82, 2.24) is 20.1 Å². The molecule has 0 fully saturated rings. The summed E-state index contributed by atoms with van der Waals surface area (Å²) >= 11 is 5.90. The van der Waals surface area contributed by atoms with Crippen LogP contribution >= 0.6 is 11.6 Å². The van der Waals surface area contributed by atoms with Gasteiger partial charge in [0.2, 0.25) is 0 Å². The topological polar surface area (TPSA) is 97.1 Å². The van der Waals surface area contributed by atoms with Crippen molar-refractivity contribution in [2.45, 2.75) is 31.7 Å². The summed E-state index contributed by atoms with van der Waals surface area (Å²) in [6.45, 7) is 1.82. The lowest BCUT2D eigenvalue weighted by atomic mass is 9.98. The smallest absolute Gasteiger partial charge is 0.388 e. The summed E-state index contributed by atoms with van der Waals surface area (Å²) in [6.07, 6.45) is -2.18. The van der Waals surface area contributed by atoms with Crippen LogP contribution in [0.1, 0.15) is 24.2 Å². The maximum Gasteiger partial charge on any atom is 0.411 e.